The molecular weight excluding hydrogens is 386 g/mol. The molecule has 3 heterocycles. The van der Waals surface area contributed by atoms with Gasteiger partial charge in [-0.2, -0.15) is 0 Å². The smallest absolute Gasteiger partial charge is 0.250 e. The first-order valence-electron chi connectivity index (χ1n) is 9.16. The minimum atomic E-state index is -1.43. The van der Waals surface area contributed by atoms with E-state index >= 15 is 0 Å². The maximum Gasteiger partial charge on any atom is 0.250 e. The van der Waals surface area contributed by atoms with Crippen LogP contribution in [-0.2, 0) is 24.7 Å². The zero-order valence-electron chi connectivity index (χ0n) is 15.8. The molecule has 3 N–H and O–H groups in total. The number of hydrogen-bond donors (Lipinski definition) is 3. The maximum absolute atomic E-state index is 13.3. The van der Waals surface area contributed by atoms with Crippen LogP contribution in [0.25, 0.3) is 0 Å². The highest BCUT2D eigenvalue weighted by atomic mass is 35.5. The molecule has 1 aromatic rings. The van der Waals surface area contributed by atoms with Gasteiger partial charge in [-0.25, -0.2) is 0 Å². The van der Waals surface area contributed by atoms with E-state index < -0.39 is 47.2 Å². The molecule has 1 aromatic carbocycles. The molecule has 28 heavy (non-hydrogen) atoms. The summed E-state index contributed by atoms with van der Waals surface area (Å²) < 4.78 is 5.02. The normalized spacial score (nSPS) is 32.1. The Labute approximate surface area is 167 Å². The number of carbonyl (C=O) groups excluding carboxylic acids is 3. The Kier molecular flexibility index (Phi) is 4.50. The van der Waals surface area contributed by atoms with Gasteiger partial charge in [-0.1, -0.05) is 17.7 Å². The highest BCUT2D eigenvalue weighted by molar-refractivity contribution is 6.32. The molecule has 0 aliphatic carbocycles. The fraction of sp³-hybridized carbons (Fsp3) is 0.526. The van der Waals surface area contributed by atoms with E-state index in [1.54, 1.807) is 26.0 Å². The third-order valence-electron chi connectivity index (χ3n) is 6.15. The number of carbonyl (C=O) groups is 3. The van der Waals surface area contributed by atoms with Crippen LogP contribution >= 0.6 is 11.6 Å². The first-order valence-corrected chi connectivity index (χ1v) is 9.54. The Morgan fingerprint density at radius 2 is 2.04 bits per heavy atom. The number of rotatable bonds is 4. The van der Waals surface area contributed by atoms with E-state index in [1.165, 1.54) is 7.11 Å². The van der Waals surface area contributed by atoms with Gasteiger partial charge in [0.25, 0.3) is 0 Å². The van der Waals surface area contributed by atoms with Crippen LogP contribution in [0.2, 0.25) is 5.02 Å². The number of anilines is 1. The molecule has 0 aromatic heterocycles. The van der Waals surface area contributed by atoms with Crippen molar-refractivity contribution < 1.29 is 24.2 Å². The summed E-state index contributed by atoms with van der Waals surface area (Å²) in [7, 11) is 1.49. The van der Waals surface area contributed by atoms with Crippen LogP contribution < -0.4 is 10.6 Å². The van der Waals surface area contributed by atoms with Gasteiger partial charge in [0.15, 0.2) is 0 Å². The molecule has 0 saturated carbocycles. The molecule has 2 saturated heterocycles. The molecule has 3 aliphatic rings. The standard InChI is InChI=1S/C19H22ClN3O5/c1-8-11(20)5-4-10-14(8)21-18(27)19(10)13-12(15(22-19)9(2)24)16(25)23(17(13)26)6-7-28-3/h4-5,9,12-13,15,22,24H,6-7H2,1-3H3,(H,21,27)/t9-,12-,13-,15-,19+/m0/s1. The number of nitrogens with zero attached hydrogens (tertiary/aromatic N) is 1. The number of halogens is 1. The van der Waals surface area contributed by atoms with Crippen LogP contribution in [-0.4, -0.2) is 60.1 Å². The van der Waals surface area contributed by atoms with E-state index in [0.29, 0.717) is 21.8 Å². The Bertz CT molecular complexity index is 889. The number of aliphatic hydroxyl groups excluding tert-OH is 1. The highest BCUT2D eigenvalue weighted by Gasteiger charge is 2.71. The van der Waals surface area contributed by atoms with Crippen molar-refractivity contribution in [3.8, 4) is 0 Å². The number of methoxy groups -OCH3 is 1. The van der Waals surface area contributed by atoms with Gasteiger partial charge >= 0.3 is 0 Å². The number of benzene rings is 1. The summed E-state index contributed by atoms with van der Waals surface area (Å²) >= 11 is 6.20. The first-order chi connectivity index (χ1) is 13.3. The summed E-state index contributed by atoms with van der Waals surface area (Å²) in [5, 5.41) is 16.8. The van der Waals surface area contributed by atoms with Gasteiger partial charge in [-0.05, 0) is 25.5 Å². The Morgan fingerprint density at radius 3 is 2.68 bits per heavy atom. The van der Waals surface area contributed by atoms with E-state index in [1.807, 2.05) is 0 Å². The largest absolute Gasteiger partial charge is 0.392 e. The molecule has 3 amide bonds. The predicted molar refractivity (Wildman–Crippen MR) is 101 cm³/mol. The van der Waals surface area contributed by atoms with Crippen LogP contribution in [0.15, 0.2) is 12.1 Å². The zero-order valence-corrected chi connectivity index (χ0v) is 16.5. The fourth-order valence-corrected chi connectivity index (χ4v) is 4.95. The van der Waals surface area contributed by atoms with Crippen molar-refractivity contribution in [2.45, 2.75) is 31.5 Å². The van der Waals surface area contributed by atoms with E-state index in [0.717, 1.165) is 4.90 Å². The summed E-state index contributed by atoms with van der Waals surface area (Å²) in [4.78, 5) is 40.6. The van der Waals surface area contributed by atoms with Gasteiger partial charge < -0.3 is 15.2 Å². The van der Waals surface area contributed by atoms with Crippen molar-refractivity contribution in [1.82, 2.24) is 10.2 Å². The third kappa shape index (κ3) is 2.32. The van der Waals surface area contributed by atoms with Gasteiger partial charge in [0.2, 0.25) is 17.7 Å². The molecule has 0 bridgehead atoms. The van der Waals surface area contributed by atoms with Gasteiger partial charge in [0.1, 0.15) is 5.54 Å². The Morgan fingerprint density at radius 1 is 1.32 bits per heavy atom. The molecular formula is C19H22ClN3O5. The molecule has 0 radical (unpaired) electrons. The molecule has 8 nitrogen and oxygen atoms in total. The van der Waals surface area contributed by atoms with Crippen LogP contribution in [0.4, 0.5) is 5.69 Å². The lowest BCUT2D eigenvalue weighted by Gasteiger charge is -2.30. The molecule has 4 rings (SSSR count). The van der Waals surface area contributed by atoms with Crippen LogP contribution in [0, 0.1) is 18.8 Å². The molecule has 0 unspecified atom stereocenters. The van der Waals surface area contributed by atoms with Crippen molar-refractivity contribution in [3.05, 3.63) is 28.3 Å². The van der Waals surface area contributed by atoms with Crippen molar-refractivity contribution in [2.24, 2.45) is 11.8 Å². The van der Waals surface area contributed by atoms with E-state index in [2.05, 4.69) is 10.6 Å². The lowest BCUT2D eigenvalue weighted by atomic mass is 9.76. The zero-order chi connectivity index (χ0) is 20.4. The quantitative estimate of drug-likeness (QED) is 0.623. The fourth-order valence-electron chi connectivity index (χ4n) is 4.80. The van der Waals surface area contributed by atoms with Gasteiger partial charge in [-0.3, -0.25) is 24.6 Å². The molecule has 3 aliphatic heterocycles. The number of hydrogen-bond acceptors (Lipinski definition) is 6. The number of imide groups is 1. The second-order valence-corrected chi connectivity index (χ2v) is 8.00. The van der Waals surface area contributed by atoms with Crippen LogP contribution in [0.3, 0.4) is 0 Å². The highest BCUT2D eigenvalue weighted by Crippen LogP contribution is 2.54. The van der Waals surface area contributed by atoms with Crippen LogP contribution in [0.5, 0.6) is 0 Å². The van der Waals surface area contributed by atoms with Gasteiger partial charge in [0, 0.05) is 23.7 Å². The van der Waals surface area contributed by atoms with Crippen molar-refractivity contribution in [2.75, 3.05) is 25.6 Å². The summed E-state index contributed by atoms with van der Waals surface area (Å²) in [5.74, 6) is -3.02. The molecule has 1 spiro atoms. The summed E-state index contributed by atoms with van der Waals surface area (Å²) in [5.41, 5.74) is 0.389. The number of fused-ring (bicyclic) bond motifs is 4. The summed E-state index contributed by atoms with van der Waals surface area (Å²) in [6.07, 6.45) is -0.934. The SMILES string of the molecule is COCCN1C(=O)[C@@H]2[C@H]([C@H](C)O)N[C@@]3(C(=O)Nc4c3ccc(Cl)c4C)[C@@H]2C1=O. The van der Waals surface area contributed by atoms with Crippen molar-refractivity contribution >= 4 is 35.0 Å². The summed E-state index contributed by atoms with van der Waals surface area (Å²) in [6.45, 7) is 3.64. The van der Waals surface area contributed by atoms with E-state index in [9.17, 15) is 19.5 Å². The van der Waals surface area contributed by atoms with Crippen LogP contribution in [0.1, 0.15) is 18.1 Å². The minimum absolute atomic E-state index is 0.109. The Hall–Kier alpha value is -2.00. The molecule has 150 valence electrons. The molecule has 2 fully saturated rings. The molecule has 9 heteroatoms. The second-order valence-electron chi connectivity index (χ2n) is 7.59. The number of amides is 3. The van der Waals surface area contributed by atoms with Gasteiger partial charge in [0.05, 0.1) is 36.8 Å². The summed E-state index contributed by atoms with van der Waals surface area (Å²) in [6, 6.07) is 2.64. The van der Waals surface area contributed by atoms with E-state index in [-0.39, 0.29) is 13.2 Å². The predicted octanol–water partition coefficient (Wildman–Crippen LogP) is 0.396. The maximum atomic E-state index is 13.3. The minimum Gasteiger partial charge on any atom is -0.392 e. The van der Waals surface area contributed by atoms with E-state index in [4.69, 9.17) is 16.3 Å². The van der Waals surface area contributed by atoms with Gasteiger partial charge in [-0.15, -0.1) is 0 Å². The average Bonchev–Trinajstić information content (AvgIpc) is 3.23. The number of aliphatic hydroxyl groups is 1. The lowest BCUT2D eigenvalue weighted by Crippen LogP contribution is -2.55. The number of ether oxygens (including phenoxy) is 1. The monoisotopic (exact) mass is 407 g/mol. The first kappa shape index (κ1) is 19.3. The average molecular weight is 408 g/mol. The van der Waals surface area contributed by atoms with Crippen molar-refractivity contribution in [3.63, 3.8) is 0 Å². The number of nitrogens with one attached hydrogen (secondary N) is 2. The molecule has 5 atom stereocenters. The second kappa shape index (κ2) is 6.52. The van der Waals surface area contributed by atoms with Crippen molar-refractivity contribution in [1.29, 1.82) is 0 Å². The topological polar surface area (TPSA) is 108 Å². The number of likely N-dealkylation sites (tertiary alicyclic amines) is 1. The Balaban J connectivity index is 1.88. The lowest BCUT2D eigenvalue weighted by molar-refractivity contribution is -0.143. The third-order valence-corrected chi connectivity index (χ3v) is 6.56.